The second-order valence-corrected chi connectivity index (χ2v) is 4.56. The van der Waals surface area contributed by atoms with Crippen molar-refractivity contribution in [3.63, 3.8) is 0 Å². The second kappa shape index (κ2) is 5.04. The van der Waals surface area contributed by atoms with Crippen LogP contribution in [0.25, 0.3) is 0 Å². The molecule has 0 fully saturated rings. The largest absolute Gasteiger partial charge is 0.481 e. The quantitative estimate of drug-likeness (QED) is 0.878. The van der Waals surface area contributed by atoms with Gasteiger partial charge in [0.1, 0.15) is 0 Å². The van der Waals surface area contributed by atoms with Gasteiger partial charge in [0.15, 0.2) is 11.5 Å². The van der Waals surface area contributed by atoms with E-state index in [1.807, 2.05) is 6.92 Å². The Kier molecular flexibility index (Phi) is 3.63. The molecule has 0 bridgehead atoms. The molecule has 18 heavy (non-hydrogen) atoms. The summed E-state index contributed by atoms with van der Waals surface area (Å²) in [6.07, 6.45) is 0.374. The first-order valence-corrected chi connectivity index (χ1v) is 5.94. The zero-order valence-corrected chi connectivity index (χ0v) is 10.7. The molecule has 1 aromatic carbocycles. The molecule has 1 atom stereocenters. The number of rotatable bonds is 4. The summed E-state index contributed by atoms with van der Waals surface area (Å²) in [5.74, 6) is 0.227. The molecule has 5 nitrogen and oxygen atoms in total. The minimum Gasteiger partial charge on any atom is -0.481 e. The third-order valence-corrected chi connectivity index (χ3v) is 3.41. The van der Waals surface area contributed by atoms with Crippen LogP contribution in [0.15, 0.2) is 6.07 Å². The van der Waals surface area contributed by atoms with Gasteiger partial charge in [0.05, 0.1) is 5.02 Å². The summed E-state index contributed by atoms with van der Waals surface area (Å²) in [6.45, 7) is 1.97. The first-order valence-electron chi connectivity index (χ1n) is 5.56. The molecule has 0 saturated heterocycles. The van der Waals surface area contributed by atoms with Gasteiger partial charge in [-0.2, -0.15) is 0 Å². The van der Waals surface area contributed by atoms with E-state index in [1.165, 1.54) is 0 Å². The van der Waals surface area contributed by atoms with Crippen molar-refractivity contribution in [2.75, 3.05) is 6.79 Å². The molecule has 0 aromatic heterocycles. The molecule has 0 amide bonds. The maximum absolute atomic E-state index is 10.5. The van der Waals surface area contributed by atoms with Gasteiger partial charge in [-0.1, -0.05) is 11.6 Å². The van der Waals surface area contributed by atoms with Crippen molar-refractivity contribution in [3.05, 3.63) is 22.2 Å². The molecule has 1 aromatic rings. The van der Waals surface area contributed by atoms with E-state index in [9.17, 15) is 4.79 Å². The van der Waals surface area contributed by atoms with Crippen molar-refractivity contribution >= 4 is 17.6 Å². The smallest absolute Gasteiger partial charge is 0.303 e. The number of benzene rings is 1. The summed E-state index contributed by atoms with van der Waals surface area (Å²) in [5.41, 5.74) is 7.59. The molecule has 3 N–H and O–H groups in total. The molecular weight excluding hydrogens is 258 g/mol. The van der Waals surface area contributed by atoms with Crippen LogP contribution in [0.2, 0.25) is 5.02 Å². The van der Waals surface area contributed by atoms with E-state index in [0.29, 0.717) is 22.9 Å². The van der Waals surface area contributed by atoms with Crippen molar-refractivity contribution in [2.45, 2.75) is 25.8 Å². The number of carboxylic acid groups (broad SMARTS) is 1. The number of nitrogens with two attached hydrogens (primary N) is 1. The highest BCUT2D eigenvalue weighted by Crippen LogP contribution is 2.43. The van der Waals surface area contributed by atoms with E-state index in [4.69, 9.17) is 31.9 Å². The lowest BCUT2D eigenvalue weighted by Crippen LogP contribution is -2.13. The highest BCUT2D eigenvalue weighted by molar-refractivity contribution is 6.33. The third kappa shape index (κ3) is 2.37. The van der Waals surface area contributed by atoms with Gasteiger partial charge in [-0.15, -0.1) is 0 Å². The second-order valence-electron chi connectivity index (χ2n) is 4.18. The monoisotopic (exact) mass is 271 g/mol. The van der Waals surface area contributed by atoms with E-state index in [2.05, 4.69) is 0 Å². The molecule has 1 aliphatic heterocycles. The molecular formula is C12H14ClNO4. The Labute approximate surface area is 109 Å². The predicted molar refractivity (Wildman–Crippen MR) is 66.1 cm³/mol. The van der Waals surface area contributed by atoms with Gasteiger partial charge in [-0.25, -0.2) is 0 Å². The molecule has 2 rings (SSSR count). The van der Waals surface area contributed by atoms with Crippen molar-refractivity contribution in [3.8, 4) is 11.5 Å². The number of fused-ring (bicyclic) bond motifs is 1. The number of carboxylic acids is 1. The number of ether oxygens (including phenoxy) is 2. The van der Waals surface area contributed by atoms with E-state index < -0.39 is 5.97 Å². The molecule has 0 spiro atoms. The molecule has 0 radical (unpaired) electrons. The van der Waals surface area contributed by atoms with Crippen LogP contribution in [0.1, 0.15) is 30.0 Å². The fourth-order valence-electron chi connectivity index (χ4n) is 1.93. The minimum absolute atomic E-state index is 0.0205. The molecule has 1 heterocycles. The van der Waals surface area contributed by atoms with Crippen LogP contribution >= 0.6 is 11.6 Å². The van der Waals surface area contributed by atoms with Gasteiger partial charge in [0, 0.05) is 12.5 Å². The lowest BCUT2D eigenvalue weighted by Gasteiger charge is -2.16. The summed E-state index contributed by atoms with van der Waals surface area (Å²) in [4.78, 5) is 10.5. The lowest BCUT2D eigenvalue weighted by molar-refractivity contribution is -0.137. The van der Waals surface area contributed by atoms with Crippen LogP contribution in [0.5, 0.6) is 11.5 Å². The Morgan fingerprint density at radius 2 is 2.33 bits per heavy atom. The van der Waals surface area contributed by atoms with Crippen LogP contribution in [0, 0.1) is 6.92 Å². The Balaban J connectivity index is 2.28. The number of halogens is 1. The normalized spacial score (nSPS) is 14.6. The van der Waals surface area contributed by atoms with Gasteiger partial charge < -0.3 is 20.3 Å². The van der Waals surface area contributed by atoms with E-state index in [0.717, 1.165) is 11.1 Å². The minimum atomic E-state index is -0.866. The maximum atomic E-state index is 10.5. The van der Waals surface area contributed by atoms with Gasteiger partial charge in [0.2, 0.25) is 6.79 Å². The first-order chi connectivity index (χ1) is 8.50. The first kappa shape index (κ1) is 13.0. The standard InChI is InChI=1S/C12H14ClNO4/c1-6-7(8(14)2-3-10(15)16)4-9-12(11(6)13)18-5-17-9/h4,8H,2-3,5,14H2,1H3,(H,15,16). The SMILES string of the molecule is Cc1c(C(N)CCC(=O)O)cc2c(c1Cl)OCO2. The van der Waals surface area contributed by atoms with Crippen LogP contribution < -0.4 is 15.2 Å². The Morgan fingerprint density at radius 3 is 3.00 bits per heavy atom. The zero-order valence-electron chi connectivity index (χ0n) is 9.90. The fourth-order valence-corrected chi connectivity index (χ4v) is 2.19. The average molecular weight is 272 g/mol. The highest BCUT2D eigenvalue weighted by atomic mass is 35.5. The molecule has 1 aliphatic rings. The Morgan fingerprint density at radius 1 is 1.61 bits per heavy atom. The van der Waals surface area contributed by atoms with Gasteiger partial charge in [-0.3, -0.25) is 4.79 Å². The maximum Gasteiger partial charge on any atom is 0.303 e. The lowest BCUT2D eigenvalue weighted by atomic mass is 9.97. The third-order valence-electron chi connectivity index (χ3n) is 2.96. The summed E-state index contributed by atoms with van der Waals surface area (Å²) in [6, 6.07) is 1.39. The summed E-state index contributed by atoms with van der Waals surface area (Å²) < 4.78 is 10.5. The van der Waals surface area contributed by atoms with Crippen LogP contribution in [-0.2, 0) is 4.79 Å². The topological polar surface area (TPSA) is 81.8 Å². The highest BCUT2D eigenvalue weighted by Gasteiger charge is 2.23. The summed E-state index contributed by atoms with van der Waals surface area (Å²) in [5, 5.41) is 9.14. The van der Waals surface area contributed by atoms with Gasteiger partial charge in [0.25, 0.3) is 0 Å². The molecule has 1 unspecified atom stereocenters. The van der Waals surface area contributed by atoms with Crippen molar-refractivity contribution in [2.24, 2.45) is 5.73 Å². The molecule has 98 valence electrons. The van der Waals surface area contributed by atoms with Crippen LogP contribution in [0.3, 0.4) is 0 Å². The molecule has 0 saturated carbocycles. The number of carbonyl (C=O) groups is 1. The van der Waals surface area contributed by atoms with Crippen molar-refractivity contribution in [1.82, 2.24) is 0 Å². The van der Waals surface area contributed by atoms with E-state index in [1.54, 1.807) is 6.07 Å². The summed E-state index contributed by atoms with van der Waals surface area (Å²) >= 11 is 6.17. The Hall–Kier alpha value is -1.46. The predicted octanol–water partition coefficient (Wildman–Crippen LogP) is 2.24. The van der Waals surface area contributed by atoms with Crippen molar-refractivity contribution < 1.29 is 19.4 Å². The summed E-state index contributed by atoms with van der Waals surface area (Å²) in [7, 11) is 0. The van der Waals surface area contributed by atoms with Crippen LogP contribution in [-0.4, -0.2) is 17.9 Å². The molecule has 6 heteroatoms. The van der Waals surface area contributed by atoms with Gasteiger partial charge >= 0.3 is 5.97 Å². The number of aliphatic carboxylic acids is 1. The molecule has 0 aliphatic carbocycles. The van der Waals surface area contributed by atoms with E-state index >= 15 is 0 Å². The van der Waals surface area contributed by atoms with Gasteiger partial charge in [-0.05, 0) is 30.5 Å². The Bertz CT molecular complexity index is 489. The number of hydrogen-bond acceptors (Lipinski definition) is 4. The van der Waals surface area contributed by atoms with Crippen molar-refractivity contribution in [1.29, 1.82) is 0 Å². The van der Waals surface area contributed by atoms with E-state index in [-0.39, 0.29) is 19.3 Å². The van der Waals surface area contributed by atoms with Crippen LogP contribution in [0.4, 0.5) is 0 Å². The average Bonchev–Trinajstić information content (AvgIpc) is 2.79. The number of hydrogen-bond donors (Lipinski definition) is 2. The fraction of sp³-hybridized carbons (Fsp3) is 0.417. The zero-order chi connectivity index (χ0) is 13.3.